The number of sulfone groups is 1. The predicted octanol–water partition coefficient (Wildman–Crippen LogP) is 3.29. The van der Waals surface area contributed by atoms with Gasteiger partial charge in [-0.15, -0.1) is 11.6 Å². The third-order valence-electron chi connectivity index (χ3n) is 3.65. The van der Waals surface area contributed by atoms with Crippen LogP contribution in [0.15, 0.2) is 18.2 Å². The van der Waals surface area contributed by atoms with E-state index in [-0.39, 0.29) is 0 Å². The average molecular weight is 349 g/mol. The molecule has 1 aromatic heterocycles. The van der Waals surface area contributed by atoms with Crippen LogP contribution in [0.3, 0.4) is 0 Å². The molecule has 2 rings (SSSR count). The van der Waals surface area contributed by atoms with Crippen molar-refractivity contribution in [1.82, 2.24) is 9.55 Å². The molecule has 1 heterocycles. The summed E-state index contributed by atoms with van der Waals surface area (Å²) >= 11 is 11.8. The lowest BCUT2D eigenvalue weighted by Crippen LogP contribution is -2.36. The molecule has 2 aromatic rings. The molecule has 0 unspecified atom stereocenters. The van der Waals surface area contributed by atoms with Crippen molar-refractivity contribution >= 4 is 44.1 Å². The van der Waals surface area contributed by atoms with E-state index in [1.807, 2.05) is 10.6 Å². The smallest absolute Gasteiger partial charge is 0.154 e. The van der Waals surface area contributed by atoms with Crippen LogP contribution in [-0.2, 0) is 22.8 Å². The second kappa shape index (κ2) is 5.78. The molecule has 116 valence electrons. The van der Waals surface area contributed by atoms with Gasteiger partial charge in [0.1, 0.15) is 5.82 Å². The van der Waals surface area contributed by atoms with E-state index in [4.69, 9.17) is 23.2 Å². The van der Waals surface area contributed by atoms with Crippen molar-refractivity contribution < 1.29 is 8.42 Å². The van der Waals surface area contributed by atoms with E-state index in [0.29, 0.717) is 23.9 Å². The van der Waals surface area contributed by atoms with Crippen LogP contribution in [0.4, 0.5) is 0 Å². The maximum atomic E-state index is 12.0. The number of hydrogen-bond donors (Lipinski definition) is 0. The first kappa shape index (κ1) is 16.6. The maximum absolute atomic E-state index is 12.0. The van der Waals surface area contributed by atoms with Crippen molar-refractivity contribution in [3.05, 3.63) is 29.0 Å². The highest BCUT2D eigenvalue weighted by atomic mass is 35.5. The number of hydrogen-bond acceptors (Lipinski definition) is 3. The number of fused-ring (bicyclic) bond motifs is 1. The van der Waals surface area contributed by atoms with Crippen molar-refractivity contribution in [2.45, 2.75) is 31.6 Å². The minimum atomic E-state index is -3.19. The number of halogens is 2. The molecule has 0 aliphatic heterocycles. The Kier molecular flexibility index (Phi) is 4.57. The summed E-state index contributed by atoms with van der Waals surface area (Å²) in [4.78, 5) is 4.53. The highest BCUT2D eigenvalue weighted by Gasteiger charge is 2.32. The molecule has 0 N–H and O–H groups in total. The van der Waals surface area contributed by atoms with E-state index in [0.717, 1.165) is 16.9 Å². The predicted molar refractivity (Wildman–Crippen MR) is 88.1 cm³/mol. The highest BCUT2D eigenvalue weighted by molar-refractivity contribution is 7.92. The van der Waals surface area contributed by atoms with E-state index in [1.165, 1.54) is 6.26 Å². The first-order valence-electron chi connectivity index (χ1n) is 6.56. The molecular weight excluding hydrogens is 331 g/mol. The quantitative estimate of drug-likeness (QED) is 0.779. The Balaban J connectivity index is 2.58. The molecule has 7 heteroatoms. The lowest BCUT2D eigenvalue weighted by atomic mass is 10.2. The molecular formula is C14H18Cl2N2O2S. The zero-order valence-corrected chi connectivity index (χ0v) is 14.6. The SMILES string of the molecule is CC(C)(Cn1c(CCCl)nc2cc(Cl)ccc21)S(C)(=O)=O. The zero-order chi connectivity index (χ0) is 15.8. The minimum absolute atomic E-state index is 0.330. The molecule has 0 saturated carbocycles. The summed E-state index contributed by atoms with van der Waals surface area (Å²) in [5.41, 5.74) is 1.63. The van der Waals surface area contributed by atoms with Crippen LogP contribution in [0.2, 0.25) is 5.02 Å². The summed E-state index contributed by atoms with van der Waals surface area (Å²) in [6, 6.07) is 5.42. The van der Waals surface area contributed by atoms with E-state index in [2.05, 4.69) is 4.98 Å². The number of aromatic nitrogens is 2. The van der Waals surface area contributed by atoms with Gasteiger partial charge in [0.15, 0.2) is 9.84 Å². The molecule has 0 bridgehead atoms. The number of benzene rings is 1. The summed E-state index contributed by atoms with van der Waals surface area (Å²) in [5, 5.41) is 0.604. The Morgan fingerprint density at radius 2 is 2.00 bits per heavy atom. The van der Waals surface area contributed by atoms with Gasteiger partial charge in [-0.25, -0.2) is 13.4 Å². The number of rotatable bonds is 5. The Morgan fingerprint density at radius 1 is 1.33 bits per heavy atom. The molecule has 1 aromatic carbocycles. The second-order valence-electron chi connectivity index (χ2n) is 5.72. The minimum Gasteiger partial charge on any atom is -0.326 e. The molecule has 0 fully saturated rings. The summed E-state index contributed by atoms with van der Waals surface area (Å²) in [6.07, 6.45) is 1.83. The molecule has 0 spiro atoms. The zero-order valence-electron chi connectivity index (χ0n) is 12.2. The molecule has 0 aliphatic rings. The van der Waals surface area contributed by atoms with Crippen LogP contribution in [-0.4, -0.2) is 34.9 Å². The normalized spacial score (nSPS) is 13.0. The van der Waals surface area contributed by atoms with Crippen molar-refractivity contribution in [2.24, 2.45) is 0 Å². The Bertz CT molecular complexity index is 767. The fourth-order valence-corrected chi connectivity index (χ4v) is 2.80. The first-order valence-corrected chi connectivity index (χ1v) is 9.36. The van der Waals surface area contributed by atoms with Crippen LogP contribution >= 0.6 is 23.2 Å². The molecule has 0 saturated heterocycles. The standard InChI is InChI=1S/C14H18Cl2N2O2S/c1-14(2,21(3,19)20)9-18-12-5-4-10(16)8-11(12)17-13(18)6-7-15/h4-5,8H,6-7,9H2,1-3H3. The Labute approximate surface area is 135 Å². The van der Waals surface area contributed by atoms with E-state index >= 15 is 0 Å². The van der Waals surface area contributed by atoms with Gasteiger partial charge in [0.25, 0.3) is 0 Å². The van der Waals surface area contributed by atoms with Gasteiger partial charge in [0.05, 0.1) is 15.8 Å². The summed E-state index contributed by atoms with van der Waals surface area (Å²) in [5.74, 6) is 1.20. The van der Waals surface area contributed by atoms with E-state index in [9.17, 15) is 8.42 Å². The van der Waals surface area contributed by atoms with Gasteiger partial charge in [-0.3, -0.25) is 0 Å². The molecule has 0 aliphatic carbocycles. The summed E-state index contributed by atoms with van der Waals surface area (Å²) in [7, 11) is -3.19. The summed E-state index contributed by atoms with van der Waals surface area (Å²) < 4.78 is 25.0. The fraction of sp³-hybridized carbons (Fsp3) is 0.500. The highest BCUT2D eigenvalue weighted by Crippen LogP contribution is 2.25. The van der Waals surface area contributed by atoms with Crippen molar-refractivity contribution in [2.75, 3.05) is 12.1 Å². The third kappa shape index (κ3) is 3.35. The van der Waals surface area contributed by atoms with Gasteiger partial charge in [-0.1, -0.05) is 11.6 Å². The van der Waals surface area contributed by atoms with Gasteiger partial charge in [0, 0.05) is 30.1 Å². The van der Waals surface area contributed by atoms with Crippen LogP contribution in [0.5, 0.6) is 0 Å². The van der Waals surface area contributed by atoms with Crippen LogP contribution < -0.4 is 0 Å². The molecule has 0 radical (unpaired) electrons. The van der Waals surface area contributed by atoms with Crippen molar-refractivity contribution in [3.8, 4) is 0 Å². The lowest BCUT2D eigenvalue weighted by molar-refractivity contribution is 0.501. The second-order valence-corrected chi connectivity index (χ2v) is 9.18. The molecule has 21 heavy (non-hydrogen) atoms. The van der Waals surface area contributed by atoms with Gasteiger partial charge >= 0.3 is 0 Å². The third-order valence-corrected chi connectivity index (χ3v) is 6.21. The topological polar surface area (TPSA) is 52.0 Å². The van der Waals surface area contributed by atoms with Crippen LogP contribution in [0, 0.1) is 0 Å². The fourth-order valence-electron chi connectivity index (χ4n) is 2.10. The van der Waals surface area contributed by atoms with Gasteiger partial charge in [0.2, 0.25) is 0 Å². The number of aryl methyl sites for hydroxylation is 1. The Hall–Kier alpha value is -0.780. The van der Waals surface area contributed by atoms with Gasteiger partial charge in [-0.05, 0) is 32.0 Å². The lowest BCUT2D eigenvalue weighted by Gasteiger charge is -2.24. The summed E-state index contributed by atoms with van der Waals surface area (Å²) in [6.45, 7) is 3.76. The van der Waals surface area contributed by atoms with Crippen molar-refractivity contribution in [1.29, 1.82) is 0 Å². The Morgan fingerprint density at radius 3 is 2.57 bits per heavy atom. The number of alkyl halides is 1. The number of nitrogens with zero attached hydrogens (tertiary/aromatic N) is 2. The van der Waals surface area contributed by atoms with E-state index in [1.54, 1.807) is 26.0 Å². The molecule has 4 nitrogen and oxygen atoms in total. The molecule has 0 atom stereocenters. The van der Waals surface area contributed by atoms with Crippen LogP contribution in [0.1, 0.15) is 19.7 Å². The largest absolute Gasteiger partial charge is 0.326 e. The number of imidazole rings is 1. The average Bonchev–Trinajstić information content (AvgIpc) is 2.65. The maximum Gasteiger partial charge on any atom is 0.154 e. The first-order chi connectivity index (χ1) is 9.65. The van der Waals surface area contributed by atoms with Crippen LogP contribution in [0.25, 0.3) is 11.0 Å². The monoisotopic (exact) mass is 348 g/mol. The van der Waals surface area contributed by atoms with Gasteiger partial charge < -0.3 is 4.57 Å². The van der Waals surface area contributed by atoms with E-state index < -0.39 is 14.6 Å². The van der Waals surface area contributed by atoms with Crippen molar-refractivity contribution in [3.63, 3.8) is 0 Å². The van der Waals surface area contributed by atoms with Gasteiger partial charge in [-0.2, -0.15) is 0 Å². The molecule has 0 amide bonds.